The van der Waals surface area contributed by atoms with Gasteiger partial charge in [0.1, 0.15) is 35.2 Å². The van der Waals surface area contributed by atoms with Crippen LogP contribution < -0.4 is 4.57 Å². The third-order valence-electron chi connectivity index (χ3n) is 8.02. The van der Waals surface area contributed by atoms with Gasteiger partial charge in [-0.05, 0) is 67.3 Å². The molecule has 0 spiro atoms. The van der Waals surface area contributed by atoms with Crippen molar-refractivity contribution >= 4 is 54.6 Å². The first-order valence-corrected chi connectivity index (χ1v) is 13.2. The summed E-state index contributed by atoms with van der Waals surface area (Å²) >= 11 is 0. The number of benzene rings is 4. The molecule has 3 heterocycles. The summed E-state index contributed by atoms with van der Waals surface area (Å²) in [5.41, 5.74) is 8.84. The van der Waals surface area contributed by atoms with Crippen molar-refractivity contribution in [3.05, 3.63) is 89.4 Å². The van der Waals surface area contributed by atoms with E-state index in [1.165, 1.54) is 23.4 Å². The first-order chi connectivity index (χ1) is 18.3. The van der Waals surface area contributed by atoms with Gasteiger partial charge in [-0.15, -0.1) is 0 Å². The summed E-state index contributed by atoms with van der Waals surface area (Å²) in [5.74, 6) is 0.183. The number of pyridine rings is 1. The maximum atomic E-state index is 14.2. The van der Waals surface area contributed by atoms with Crippen LogP contribution in [0, 0.1) is 25.6 Å². The van der Waals surface area contributed by atoms with E-state index in [0.29, 0.717) is 11.5 Å². The Kier molecular flexibility index (Phi) is 4.93. The molecule has 188 valence electrons. The number of furan rings is 2. The normalized spacial score (nSPS) is 12.3. The Balaban J connectivity index is 1.68. The van der Waals surface area contributed by atoms with Crippen molar-refractivity contribution in [3.63, 3.8) is 0 Å². The fourth-order valence-electron chi connectivity index (χ4n) is 6.06. The number of halogens is 1. The molecule has 0 aliphatic rings. The molecule has 3 nitrogen and oxygen atoms in total. The Bertz CT molecular complexity index is 2080. The van der Waals surface area contributed by atoms with E-state index in [4.69, 9.17) is 8.83 Å². The molecule has 38 heavy (non-hydrogen) atoms. The summed E-state index contributed by atoms with van der Waals surface area (Å²) in [7, 11) is 2.14. The van der Waals surface area contributed by atoms with Crippen LogP contribution in [0.2, 0.25) is 0 Å². The smallest absolute Gasteiger partial charge is 0.224 e. The lowest BCUT2D eigenvalue weighted by Gasteiger charge is -2.14. The quantitative estimate of drug-likeness (QED) is 0.226. The summed E-state index contributed by atoms with van der Waals surface area (Å²) in [4.78, 5) is 0. The van der Waals surface area contributed by atoms with Crippen LogP contribution in [0.5, 0.6) is 0 Å². The Morgan fingerprint density at radius 3 is 2.24 bits per heavy atom. The number of hydrogen-bond acceptors (Lipinski definition) is 2. The second-order valence-electron chi connectivity index (χ2n) is 11.0. The molecule has 0 aliphatic heterocycles. The minimum atomic E-state index is -0.297. The van der Waals surface area contributed by atoms with Crippen molar-refractivity contribution in [2.75, 3.05) is 0 Å². The predicted octanol–water partition coefficient (Wildman–Crippen LogP) is 9.08. The topological polar surface area (TPSA) is 30.2 Å². The molecule has 0 amide bonds. The van der Waals surface area contributed by atoms with Crippen molar-refractivity contribution in [1.29, 1.82) is 0 Å². The summed E-state index contributed by atoms with van der Waals surface area (Å²) in [5, 5.41) is 6.37. The van der Waals surface area contributed by atoms with Gasteiger partial charge in [-0.1, -0.05) is 32.0 Å². The summed E-state index contributed by atoms with van der Waals surface area (Å²) in [6.07, 6.45) is 0.926. The van der Waals surface area contributed by atoms with Crippen molar-refractivity contribution < 1.29 is 17.8 Å². The van der Waals surface area contributed by atoms with E-state index >= 15 is 0 Å². The number of rotatable bonds is 3. The van der Waals surface area contributed by atoms with Crippen LogP contribution in [0.4, 0.5) is 4.39 Å². The van der Waals surface area contributed by atoms with Gasteiger partial charge in [0.2, 0.25) is 5.69 Å². The van der Waals surface area contributed by atoms with Crippen LogP contribution in [0.3, 0.4) is 0 Å². The van der Waals surface area contributed by atoms with E-state index in [9.17, 15) is 4.39 Å². The third kappa shape index (κ3) is 3.22. The monoisotopic (exact) mass is 502 g/mol. The summed E-state index contributed by atoms with van der Waals surface area (Å²) < 4.78 is 29.4. The first kappa shape index (κ1) is 23.0. The Labute approximate surface area is 220 Å². The fourth-order valence-corrected chi connectivity index (χ4v) is 6.06. The second-order valence-corrected chi connectivity index (χ2v) is 11.0. The Morgan fingerprint density at radius 1 is 0.737 bits per heavy atom. The molecule has 0 fully saturated rings. The maximum absolute atomic E-state index is 14.2. The lowest BCUT2D eigenvalue weighted by molar-refractivity contribution is -0.667. The number of aromatic nitrogens is 1. The molecule has 4 aromatic carbocycles. The van der Waals surface area contributed by atoms with Gasteiger partial charge in [-0.2, -0.15) is 4.57 Å². The SMILES string of the molecule is Cc1cc2c(oc3cc(F)ccc32)c(-c2c3ccc4c5ccccc5oc4c3cc(CC(C)C)[n+]2C)c1C. The van der Waals surface area contributed by atoms with Crippen LogP contribution in [0.25, 0.3) is 65.9 Å². The highest BCUT2D eigenvalue weighted by Gasteiger charge is 2.28. The average molecular weight is 503 g/mol. The standard InChI is InChI=1S/C34H29FNO2/c1-18(2)14-22-17-28-25(12-13-26-23-8-6-7-9-29(23)37-33(26)28)32(36(22)5)31-20(4)19(3)15-27-24-11-10-21(35)16-30(24)38-34(27)31/h6-13,15-18H,14H2,1-5H3/q+1. The van der Waals surface area contributed by atoms with Crippen molar-refractivity contribution in [3.8, 4) is 11.3 Å². The van der Waals surface area contributed by atoms with E-state index in [1.54, 1.807) is 0 Å². The molecule has 4 heteroatoms. The molecule has 7 aromatic rings. The summed E-state index contributed by atoms with van der Waals surface area (Å²) in [6.45, 7) is 8.78. The van der Waals surface area contributed by atoms with Gasteiger partial charge in [-0.25, -0.2) is 4.39 Å². The van der Waals surface area contributed by atoms with Crippen LogP contribution in [-0.4, -0.2) is 0 Å². The molecule has 0 unspecified atom stereocenters. The molecule has 0 saturated carbocycles. The zero-order valence-electron chi connectivity index (χ0n) is 22.3. The predicted molar refractivity (Wildman–Crippen MR) is 153 cm³/mol. The van der Waals surface area contributed by atoms with Crippen molar-refractivity contribution in [2.45, 2.75) is 34.1 Å². The molecule has 0 aliphatic carbocycles. The molecule has 0 saturated heterocycles. The Hall–Kier alpha value is -4.18. The lowest BCUT2D eigenvalue weighted by Crippen LogP contribution is -2.37. The molecule has 3 aromatic heterocycles. The molecule has 7 rings (SSSR count). The van der Waals surface area contributed by atoms with Gasteiger partial charge < -0.3 is 8.83 Å². The minimum Gasteiger partial charge on any atom is -0.455 e. The highest BCUT2D eigenvalue weighted by molar-refractivity contribution is 6.18. The fraction of sp³-hybridized carbons (Fsp3) is 0.206. The van der Waals surface area contributed by atoms with E-state index < -0.39 is 0 Å². The van der Waals surface area contributed by atoms with Gasteiger partial charge in [0.25, 0.3) is 0 Å². The highest BCUT2D eigenvalue weighted by atomic mass is 19.1. The number of para-hydroxylation sites is 1. The minimum absolute atomic E-state index is 0.297. The molecular formula is C34H29FNO2+. The van der Waals surface area contributed by atoms with E-state index in [2.05, 4.69) is 75.7 Å². The number of fused-ring (bicyclic) bond motifs is 8. The zero-order valence-corrected chi connectivity index (χ0v) is 22.3. The van der Waals surface area contributed by atoms with Crippen LogP contribution in [0.15, 0.2) is 75.6 Å². The van der Waals surface area contributed by atoms with E-state index in [1.807, 2.05) is 18.2 Å². The first-order valence-electron chi connectivity index (χ1n) is 13.2. The second kappa shape index (κ2) is 8.16. The Morgan fingerprint density at radius 2 is 1.42 bits per heavy atom. The van der Waals surface area contributed by atoms with Gasteiger partial charge in [-0.3, -0.25) is 0 Å². The maximum Gasteiger partial charge on any atom is 0.224 e. The van der Waals surface area contributed by atoms with Crippen molar-refractivity contribution in [2.24, 2.45) is 13.0 Å². The third-order valence-corrected chi connectivity index (χ3v) is 8.02. The van der Waals surface area contributed by atoms with E-state index in [-0.39, 0.29) is 5.82 Å². The highest BCUT2D eigenvalue weighted by Crippen LogP contribution is 2.43. The van der Waals surface area contributed by atoms with Crippen LogP contribution in [-0.2, 0) is 13.5 Å². The van der Waals surface area contributed by atoms with Crippen molar-refractivity contribution in [1.82, 2.24) is 0 Å². The molecular weight excluding hydrogens is 473 g/mol. The number of hydrogen-bond donors (Lipinski definition) is 0. The van der Waals surface area contributed by atoms with Gasteiger partial charge in [0.05, 0.1) is 10.9 Å². The molecule has 0 bridgehead atoms. The largest absolute Gasteiger partial charge is 0.455 e. The number of nitrogens with zero attached hydrogens (tertiary/aromatic N) is 1. The molecule has 0 N–H and O–H groups in total. The zero-order chi connectivity index (χ0) is 26.3. The summed E-state index contributed by atoms with van der Waals surface area (Å²) in [6, 6.07) is 21.9. The number of aryl methyl sites for hydroxylation is 1. The van der Waals surface area contributed by atoms with Crippen LogP contribution >= 0.6 is 0 Å². The van der Waals surface area contributed by atoms with Gasteiger partial charge in [0.15, 0.2) is 5.69 Å². The van der Waals surface area contributed by atoms with Crippen LogP contribution in [0.1, 0.15) is 30.7 Å². The lowest BCUT2D eigenvalue weighted by atomic mass is 9.92. The molecule has 0 atom stereocenters. The van der Waals surface area contributed by atoms with Gasteiger partial charge >= 0.3 is 0 Å². The van der Waals surface area contributed by atoms with Gasteiger partial charge in [0, 0.05) is 45.5 Å². The molecule has 0 radical (unpaired) electrons. The van der Waals surface area contributed by atoms with E-state index in [0.717, 1.165) is 72.3 Å². The average Bonchev–Trinajstić information content (AvgIpc) is 3.44.